The van der Waals surface area contributed by atoms with Crippen molar-refractivity contribution in [3.05, 3.63) is 53.9 Å². The Bertz CT molecular complexity index is 1300. The van der Waals surface area contributed by atoms with Crippen molar-refractivity contribution in [1.82, 2.24) is 15.0 Å². The van der Waals surface area contributed by atoms with E-state index in [4.69, 9.17) is 9.47 Å². The maximum Gasteiger partial charge on any atom is 0.421 e. The predicted molar refractivity (Wildman–Crippen MR) is 125 cm³/mol. The lowest BCUT2D eigenvalue weighted by molar-refractivity contribution is -0.137. The number of benzene rings is 1. The van der Waals surface area contributed by atoms with Gasteiger partial charge in [0.05, 0.1) is 20.5 Å². The number of pyridine rings is 1. The Labute approximate surface area is 200 Å². The lowest BCUT2D eigenvalue weighted by Crippen LogP contribution is -2.27. The van der Waals surface area contributed by atoms with Crippen LogP contribution in [-0.4, -0.2) is 50.9 Å². The SMILES string of the molecule is COc1ccc(Nc2ncc(C(F)(F)F)c(NCc3cccnc3N(C)S(C)(=O)=O)n2)cc1OC. The molecule has 0 fully saturated rings. The van der Waals surface area contributed by atoms with Crippen molar-refractivity contribution in [3.8, 4) is 11.5 Å². The average molecular weight is 513 g/mol. The number of nitrogens with one attached hydrogen (secondary N) is 2. The largest absolute Gasteiger partial charge is 0.493 e. The Balaban J connectivity index is 1.92. The molecular formula is C21H23F3N6O4S. The minimum atomic E-state index is -4.73. The zero-order valence-electron chi connectivity index (χ0n) is 19.2. The molecule has 0 radical (unpaired) electrons. The molecule has 10 nitrogen and oxygen atoms in total. The van der Waals surface area contributed by atoms with Crippen LogP contribution in [0.4, 0.5) is 36.4 Å². The first-order chi connectivity index (χ1) is 16.4. The Kier molecular flexibility index (Phi) is 7.53. The van der Waals surface area contributed by atoms with Crippen LogP contribution in [0.15, 0.2) is 42.7 Å². The topological polar surface area (TPSA) is 119 Å². The van der Waals surface area contributed by atoms with Crippen molar-refractivity contribution in [2.45, 2.75) is 12.7 Å². The van der Waals surface area contributed by atoms with Gasteiger partial charge < -0.3 is 20.1 Å². The summed E-state index contributed by atoms with van der Waals surface area (Å²) < 4.78 is 76.0. The lowest BCUT2D eigenvalue weighted by atomic mass is 10.2. The zero-order chi connectivity index (χ0) is 25.8. The molecule has 3 aromatic rings. The molecule has 14 heteroatoms. The van der Waals surface area contributed by atoms with Gasteiger partial charge in [-0.25, -0.2) is 18.4 Å². The molecule has 0 spiro atoms. The van der Waals surface area contributed by atoms with Crippen molar-refractivity contribution >= 4 is 33.3 Å². The molecule has 35 heavy (non-hydrogen) atoms. The Morgan fingerprint density at radius 1 is 1.09 bits per heavy atom. The second kappa shape index (κ2) is 10.2. The summed E-state index contributed by atoms with van der Waals surface area (Å²) in [6.45, 7) is -0.182. The monoisotopic (exact) mass is 512 g/mol. The van der Waals surface area contributed by atoms with Crippen molar-refractivity contribution < 1.29 is 31.1 Å². The van der Waals surface area contributed by atoms with Gasteiger partial charge in [0.2, 0.25) is 16.0 Å². The summed E-state index contributed by atoms with van der Waals surface area (Å²) in [6.07, 6.45) is -1.69. The molecule has 0 saturated carbocycles. The van der Waals surface area contributed by atoms with Gasteiger partial charge in [0.1, 0.15) is 17.2 Å². The fraction of sp³-hybridized carbons (Fsp3) is 0.286. The number of sulfonamides is 1. The molecule has 0 aliphatic heterocycles. The quantitative estimate of drug-likeness (QED) is 0.443. The summed E-state index contributed by atoms with van der Waals surface area (Å²) in [4.78, 5) is 11.8. The molecule has 0 aliphatic rings. The number of anilines is 4. The van der Waals surface area contributed by atoms with E-state index in [2.05, 4.69) is 25.6 Å². The van der Waals surface area contributed by atoms with E-state index in [1.807, 2.05) is 0 Å². The fourth-order valence-electron chi connectivity index (χ4n) is 3.02. The van der Waals surface area contributed by atoms with Crippen molar-refractivity contribution in [3.63, 3.8) is 0 Å². The van der Waals surface area contributed by atoms with Gasteiger partial charge in [-0.2, -0.15) is 18.2 Å². The first-order valence-electron chi connectivity index (χ1n) is 9.99. The number of rotatable bonds is 9. The number of halogens is 3. The van der Waals surface area contributed by atoms with Gasteiger partial charge in [-0.05, 0) is 18.2 Å². The molecule has 2 heterocycles. The maximum atomic E-state index is 13.6. The number of hydrogen-bond acceptors (Lipinski definition) is 9. The van der Waals surface area contributed by atoms with Crippen molar-refractivity contribution in [2.75, 3.05) is 42.5 Å². The molecule has 0 saturated heterocycles. The highest BCUT2D eigenvalue weighted by Gasteiger charge is 2.35. The molecule has 0 unspecified atom stereocenters. The minimum absolute atomic E-state index is 0.0776. The van der Waals surface area contributed by atoms with Gasteiger partial charge in [-0.1, -0.05) is 6.07 Å². The number of hydrogen-bond donors (Lipinski definition) is 2. The van der Waals surface area contributed by atoms with Crippen LogP contribution in [0.2, 0.25) is 0 Å². The van der Waals surface area contributed by atoms with Crippen LogP contribution in [0, 0.1) is 0 Å². The van der Waals surface area contributed by atoms with E-state index >= 15 is 0 Å². The maximum absolute atomic E-state index is 13.6. The minimum Gasteiger partial charge on any atom is -0.493 e. The summed E-state index contributed by atoms with van der Waals surface area (Å²) in [7, 11) is 0.593. The first kappa shape index (κ1) is 25.8. The molecule has 0 aliphatic carbocycles. The van der Waals surface area contributed by atoms with Crippen LogP contribution in [0.3, 0.4) is 0 Å². The first-order valence-corrected chi connectivity index (χ1v) is 11.8. The van der Waals surface area contributed by atoms with Crippen LogP contribution in [0.25, 0.3) is 0 Å². The summed E-state index contributed by atoms with van der Waals surface area (Å²) in [5.74, 6) is 0.357. The van der Waals surface area contributed by atoms with Crippen LogP contribution in [0.1, 0.15) is 11.1 Å². The molecule has 0 amide bonds. The molecule has 0 bridgehead atoms. The molecule has 2 aromatic heterocycles. The third-order valence-corrected chi connectivity index (χ3v) is 6.01. The highest BCUT2D eigenvalue weighted by atomic mass is 32.2. The van der Waals surface area contributed by atoms with E-state index < -0.39 is 27.6 Å². The third-order valence-electron chi connectivity index (χ3n) is 4.84. The summed E-state index contributed by atoms with van der Waals surface area (Å²) in [6, 6.07) is 7.92. The van der Waals surface area contributed by atoms with E-state index in [1.165, 1.54) is 27.5 Å². The molecule has 3 rings (SSSR count). The molecule has 188 valence electrons. The van der Waals surface area contributed by atoms with Crippen LogP contribution in [-0.2, 0) is 22.7 Å². The standard InChI is InChI=1S/C21H23F3N6O4S/c1-30(35(4,31)32)19-13(6-5-9-25-19)11-26-18-15(21(22,23)24)12-27-20(29-18)28-14-7-8-16(33-2)17(10-14)34-3/h5-10,12H,11H2,1-4H3,(H2,26,27,28,29). The van der Waals surface area contributed by atoms with Crippen molar-refractivity contribution in [1.29, 1.82) is 0 Å². The van der Waals surface area contributed by atoms with Crippen LogP contribution < -0.4 is 24.4 Å². The van der Waals surface area contributed by atoms with Gasteiger partial charge in [0, 0.05) is 43.3 Å². The van der Waals surface area contributed by atoms with E-state index in [-0.39, 0.29) is 18.3 Å². The number of aromatic nitrogens is 3. The Hall–Kier alpha value is -3.81. The number of nitrogens with zero attached hydrogens (tertiary/aromatic N) is 4. The van der Waals surface area contributed by atoms with Crippen LogP contribution in [0.5, 0.6) is 11.5 Å². The number of methoxy groups -OCH3 is 2. The number of ether oxygens (including phenoxy) is 2. The van der Waals surface area contributed by atoms with Crippen LogP contribution >= 0.6 is 0 Å². The van der Waals surface area contributed by atoms with Gasteiger partial charge in [0.15, 0.2) is 11.5 Å². The fourth-order valence-corrected chi connectivity index (χ4v) is 3.49. The lowest BCUT2D eigenvalue weighted by Gasteiger charge is -2.20. The highest BCUT2D eigenvalue weighted by Crippen LogP contribution is 2.35. The molecule has 1 aromatic carbocycles. The summed E-state index contributed by atoms with van der Waals surface area (Å²) >= 11 is 0. The summed E-state index contributed by atoms with van der Waals surface area (Å²) in [5.41, 5.74) is -0.281. The van der Waals surface area contributed by atoms with Gasteiger partial charge in [-0.3, -0.25) is 4.31 Å². The second-order valence-corrected chi connectivity index (χ2v) is 9.23. The molecular weight excluding hydrogens is 489 g/mol. The van der Waals surface area contributed by atoms with Gasteiger partial charge in [-0.15, -0.1) is 0 Å². The smallest absolute Gasteiger partial charge is 0.421 e. The highest BCUT2D eigenvalue weighted by molar-refractivity contribution is 7.92. The summed E-state index contributed by atoms with van der Waals surface area (Å²) in [5, 5.41) is 5.46. The van der Waals surface area contributed by atoms with E-state index in [0.29, 0.717) is 28.9 Å². The van der Waals surface area contributed by atoms with Gasteiger partial charge in [0.25, 0.3) is 0 Å². The van der Waals surface area contributed by atoms with E-state index in [9.17, 15) is 21.6 Å². The Morgan fingerprint density at radius 3 is 2.43 bits per heavy atom. The normalized spacial score (nSPS) is 11.6. The van der Waals surface area contributed by atoms with E-state index in [0.717, 1.165) is 10.6 Å². The van der Waals surface area contributed by atoms with Crippen molar-refractivity contribution in [2.24, 2.45) is 0 Å². The second-order valence-electron chi connectivity index (χ2n) is 7.22. The molecule has 0 atom stereocenters. The predicted octanol–water partition coefficient (Wildman–Crippen LogP) is 3.66. The third kappa shape index (κ3) is 6.20. The Morgan fingerprint density at radius 2 is 1.80 bits per heavy atom. The van der Waals surface area contributed by atoms with Gasteiger partial charge >= 0.3 is 6.18 Å². The molecule has 2 N–H and O–H groups in total. The zero-order valence-corrected chi connectivity index (χ0v) is 20.0. The number of alkyl halides is 3. The average Bonchev–Trinajstić information content (AvgIpc) is 2.81. The van der Waals surface area contributed by atoms with E-state index in [1.54, 1.807) is 30.3 Å².